The number of hydrogen-bond acceptors (Lipinski definition) is 1. The molecule has 0 aromatic rings. The molecular weight excluding hydrogens is 241 g/mol. The third-order valence-electron chi connectivity index (χ3n) is 3.33. The Bertz CT molecular complexity index is 224. The summed E-state index contributed by atoms with van der Waals surface area (Å²) >= 11 is 12.5. The van der Waals surface area contributed by atoms with Gasteiger partial charge in [0, 0.05) is 16.7 Å². The van der Waals surface area contributed by atoms with Crippen LogP contribution >= 0.6 is 23.2 Å². The Labute approximate surface area is 109 Å². The fourth-order valence-electron chi connectivity index (χ4n) is 2.30. The molecule has 1 fully saturated rings. The highest BCUT2D eigenvalue weighted by Crippen LogP contribution is 2.25. The van der Waals surface area contributed by atoms with Crippen LogP contribution in [-0.4, -0.2) is 10.8 Å². The van der Waals surface area contributed by atoms with Gasteiger partial charge in [-0.3, -0.25) is 0 Å². The Hall–Kier alpha value is 0.0700. The van der Waals surface area contributed by atoms with Gasteiger partial charge in [-0.05, 0) is 32.1 Å². The number of nitrogens with zero attached hydrogens (tertiary/aromatic N) is 1. The predicted molar refractivity (Wildman–Crippen MR) is 69.9 cm³/mol. The minimum atomic E-state index is 0.160. The van der Waals surface area contributed by atoms with E-state index in [0.717, 1.165) is 44.9 Å². The van der Waals surface area contributed by atoms with Crippen LogP contribution in [0.1, 0.15) is 57.8 Å². The summed E-state index contributed by atoms with van der Waals surface area (Å²) in [7, 11) is 0. The van der Waals surface area contributed by atoms with Gasteiger partial charge >= 0.3 is 0 Å². The van der Waals surface area contributed by atoms with Crippen molar-refractivity contribution in [3.63, 3.8) is 0 Å². The summed E-state index contributed by atoms with van der Waals surface area (Å²) in [5, 5.41) is 9.51. The Balaban J connectivity index is 2.39. The molecular formula is C13H21Cl2N. The maximum absolute atomic E-state index is 9.03. The second kappa shape index (κ2) is 8.20. The smallest absolute Gasteiger partial charge is 0.0656 e. The van der Waals surface area contributed by atoms with Crippen molar-refractivity contribution in [2.75, 3.05) is 0 Å². The van der Waals surface area contributed by atoms with E-state index in [1.165, 1.54) is 12.8 Å². The molecule has 1 nitrogen and oxygen atoms in total. The van der Waals surface area contributed by atoms with Crippen LogP contribution in [-0.2, 0) is 0 Å². The summed E-state index contributed by atoms with van der Waals surface area (Å²) in [6.45, 7) is 0. The number of nitriles is 1. The monoisotopic (exact) mass is 261 g/mol. The number of rotatable bonds is 0. The van der Waals surface area contributed by atoms with Crippen LogP contribution in [0.25, 0.3) is 0 Å². The normalized spacial score (nSPS) is 34.4. The fourth-order valence-corrected chi connectivity index (χ4v) is 2.98. The van der Waals surface area contributed by atoms with Crippen molar-refractivity contribution in [3.8, 4) is 6.07 Å². The maximum atomic E-state index is 9.03. The lowest BCUT2D eigenvalue weighted by molar-refractivity contribution is 0.461. The van der Waals surface area contributed by atoms with Crippen molar-refractivity contribution in [3.05, 3.63) is 0 Å². The van der Waals surface area contributed by atoms with Crippen molar-refractivity contribution >= 4 is 23.2 Å². The first-order chi connectivity index (χ1) is 7.72. The third-order valence-corrected chi connectivity index (χ3v) is 4.16. The van der Waals surface area contributed by atoms with Crippen molar-refractivity contribution in [1.82, 2.24) is 0 Å². The zero-order chi connectivity index (χ0) is 11.8. The molecule has 0 bridgehead atoms. The highest BCUT2D eigenvalue weighted by Gasteiger charge is 2.16. The fraction of sp³-hybridized carbons (Fsp3) is 0.923. The van der Waals surface area contributed by atoms with Crippen LogP contribution in [0.3, 0.4) is 0 Å². The summed E-state index contributed by atoms with van der Waals surface area (Å²) in [6.07, 6.45) is 9.70. The molecule has 0 spiro atoms. The highest BCUT2D eigenvalue weighted by molar-refractivity contribution is 6.21. The quantitative estimate of drug-likeness (QED) is 0.571. The van der Waals surface area contributed by atoms with Gasteiger partial charge in [0.2, 0.25) is 0 Å². The molecule has 3 heteroatoms. The first-order valence-corrected chi connectivity index (χ1v) is 7.27. The molecule has 1 saturated carbocycles. The molecule has 3 atom stereocenters. The van der Waals surface area contributed by atoms with Crippen LogP contribution in [0.15, 0.2) is 0 Å². The average molecular weight is 262 g/mol. The molecule has 0 amide bonds. The summed E-state index contributed by atoms with van der Waals surface area (Å²) in [5.74, 6) is 0.161. The number of hydrogen-bond donors (Lipinski definition) is 0. The first kappa shape index (κ1) is 14.1. The van der Waals surface area contributed by atoms with Crippen LogP contribution in [0, 0.1) is 17.2 Å². The van der Waals surface area contributed by atoms with Crippen molar-refractivity contribution in [2.45, 2.75) is 68.5 Å². The molecule has 3 unspecified atom stereocenters. The van der Waals surface area contributed by atoms with E-state index in [2.05, 4.69) is 6.07 Å². The summed E-state index contributed by atoms with van der Waals surface area (Å²) in [6, 6.07) is 2.38. The van der Waals surface area contributed by atoms with E-state index in [1.807, 2.05) is 0 Å². The minimum absolute atomic E-state index is 0.160. The van der Waals surface area contributed by atoms with Crippen LogP contribution in [0.4, 0.5) is 0 Å². The molecule has 0 N–H and O–H groups in total. The summed E-state index contributed by atoms with van der Waals surface area (Å²) < 4.78 is 0. The SMILES string of the molecule is N#CC1CCCCCC(Cl)CCCC(Cl)C1. The lowest BCUT2D eigenvalue weighted by Gasteiger charge is -2.16. The van der Waals surface area contributed by atoms with Gasteiger partial charge in [-0.1, -0.05) is 25.7 Å². The van der Waals surface area contributed by atoms with Crippen LogP contribution < -0.4 is 0 Å². The van der Waals surface area contributed by atoms with Crippen molar-refractivity contribution in [2.24, 2.45) is 5.92 Å². The molecule has 0 saturated heterocycles. The van der Waals surface area contributed by atoms with Crippen LogP contribution in [0.5, 0.6) is 0 Å². The van der Waals surface area contributed by atoms with Crippen molar-refractivity contribution < 1.29 is 0 Å². The largest absolute Gasteiger partial charge is 0.198 e. The van der Waals surface area contributed by atoms with Gasteiger partial charge in [-0.2, -0.15) is 5.26 Å². The maximum Gasteiger partial charge on any atom is 0.0656 e. The lowest BCUT2D eigenvalue weighted by atomic mass is 9.93. The molecule has 1 aliphatic rings. The van der Waals surface area contributed by atoms with E-state index in [4.69, 9.17) is 28.5 Å². The first-order valence-electron chi connectivity index (χ1n) is 6.40. The van der Waals surface area contributed by atoms with Gasteiger partial charge < -0.3 is 0 Å². The molecule has 16 heavy (non-hydrogen) atoms. The van der Waals surface area contributed by atoms with E-state index in [0.29, 0.717) is 5.38 Å². The molecule has 0 aliphatic heterocycles. The predicted octanol–water partition coefficient (Wildman–Crippen LogP) is 4.87. The zero-order valence-corrected chi connectivity index (χ0v) is 11.3. The Morgan fingerprint density at radius 3 is 2.19 bits per heavy atom. The lowest BCUT2D eigenvalue weighted by Crippen LogP contribution is -2.10. The molecule has 0 radical (unpaired) electrons. The van der Waals surface area contributed by atoms with Crippen molar-refractivity contribution in [1.29, 1.82) is 5.26 Å². The van der Waals surface area contributed by atoms with Gasteiger partial charge in [-0.15, -0.1) is 23.2 Å². The standard InChI is InChI=1S/C13H21Cl2N/c14-12-6-3-1-2-5-11(10-16)9-13(15)8-4-7-12/h11-13H,1-9H2. The second-order valence-corrected chi connectivity index (χ2v) is 6.06. The minimum Gasteiger partial charge on any atom is -0.198 e. The molecule has 0 aromatic heterocycles. The number of halogens is 2. The second-order valence-electron chi connectivity index (χ2n) is 4.83. The highest BCUT2D eigenvalue weighted by atomic mass is 35.5. The Morgan fingerprint density at radius 2 is 1.44 bits per heavy atom. The van der Waals surface area contributed by atoms with Gasteiger partial charge in [0.1, 0.15) is 0 Å². The Morgan fingerprint density at radius 1 is 0.812 bits per heavy atom. The Kier molecular flexibility index (Phi) is 7.25. The molecule has 0 heterocycles. The molecule has 1 rings (SSSR count). The number of alkyl halides is 2. The molecule has 0 aromatic carbocycles. The third kappa shape index (κ3) is 5.97. The van der Waals surface area contributed by atoms with Crippen LogP contribution in [0.2, 0.25) is 0 Å². The van der Waals surface area contributed by atoms with E-state index >= 15 is 0 Å². The van der Waals surface area contributed by atoms with Gasteiger partial charge in [0.05, 0.1) is 6.07 Å². The van der Waals surface area contributed by atoms with E-state index in [1.54, 1.807) is 0 Å². The molecule has 1 aliphatic carbocycles. The van der Waals surface area contributed by atoms with E-state index in [-0.39, 0.29) is 11.3 Å². The summed E-state index contributed by atoms with van der Waals surface area (Å²) in [4.78, 5) is 0. The van der Waals surface area contributed by atoms with Gasteiger partial charge in [0.25, 0.3) is 0 Å². The molecule has 92 valence electrons. The van der Waals surface area contributed by atoms with Gasteiger partial charge in [0.15, 0.2) is 0 Å². The van der Waals surface area contributed by atoms with E-state index < -0.39 is 0 Å². The average Bonchev–Trinajstić information content (AvgIpc) is 2.25. The topological polar surface area (TPSA) is 23.8 Å². The van der Waals surface area contributed by atoms with E-state index in [9.17, 15) is 0 Å². The van der Waals surface area contributed by atoms with Gasteiger partial charge in [-0.25, -0.2) is 0 Å². The zero-order valence-electron chi connectivity index (χ0n) is 9.80. The summed E-state index contributed by atoms with van der Waals surface area (Å²) in [5.41, 5.74) is 0.